The topological polar surface area (TPSA) is 123 Å². The SMILES string of the molecule is C[C@@H]1[C@@H](CO)O[C@@H](c2cc(C(=O)O)c3c(N)ncnn23)C1(C)C. The molecule has 0 aromatic carbocycles. The van der Waals surface area contributed by atoms with Crippen LogP contribution in [-0.2, 0) is 4.74 Å². The number of hydrogen-bond donors (Lipinski definition) is 3. The van der Waals surface area contributed by atoms with E-state index in [1.807, 2.05) is 20.8 Å². The van der Waals surface area contributed by atoms with E-state index in [1.54, 1.807) is 0 Å². The van der Waals surface area contributed by atoms with Gasteiger partial charge in [-0.1, -0.05) is 20.8 Å². The van der Waals surface area contributed by atoms with Crippen LogP contribution in [0.1, 0.15) is 42.9 Å². The van der Waals surface area contributed by atoms with E-state index < -0.39 is 12.1 Å². The first-order chi connectivity index (χ1) is 10.8. The second-order valence-electron chi connectivity index (χ2n) is 6.54. The maximum absolute atomic E-state index is 11.5. The molecule has 124 valence electrons. The van der Waals surface area contributed by atoms with Crippen LogP contribution >= 0.6 is 0 Å². The second kappa shape index (κ2) is 5.17. The zero-order valence-corrected chi connectivity index (χ0v) is 13.2. The molecule has 3 atom stereocenters. The van der Waals surface area contributed by atoms with Gasteiger partial charge in [0.15, 0.2) is 5.82 Å². The van der Waals surface area contributed by atoms with E-state index in [-0.39, 0.29) is 40.9 Å². The zero-order chi connectivity index (χ0) is 16.9. The highest BCUT2D eigenvalue weighted by Gasteiger charge is 2.49. The van der Waals surface area contributed by atoms with Gasteiger partial charge in [0.25, 0.3) is 0 Å². The highest BCUT2D eigenvalue weighted by Crippen LogP contribution is 2.51. The number of ether oxygens (including phenoxy) is 1. The van der Waals surface area contributed by atoms with Gasteiger partial charge in [0.2, 0.25) is 0 Å². The number of carboxylic acids is 1. The maximum Gasteiger partial charge on any atom is 0.338 e. The summed E-state index contributed by atoms with van der Waals surface area (Å²) in [6, 6.07) is 1.53. The number of nitrogens with two attached hydrogens (primary N) is 1. The van der Waals surface area contributed by atoms with Gasteiger partial charge >= 0.3 is 5.97 Å². The highest BCUT2D eigenvalue weighted by molar-refractivity contribution is 5.99. The molecule has 3 heterocycles. The summed E-state index contributed by atoms with van der Waals surface area (Å²) in [4.78, 5) is 15.4. The summed E-state index contributed by atoms with van der Waals surface area (Å²) in [6.45, 7) is 5.98. The van der Waals surface area contributed by atoms with Crippen molar-refractivity contribution < 1.29 is 19.7 Å². The van der Waals surface area contributed by atoms with E-state index in [2.05, 4.69) is 10.1 Å². The quantitative estimate of drug-likeness (QED) is 0.774. The Morgan fingerprint density at radius 3 is 2.78 bits per heavy atom. The Labute approximate surface area is 132 Å². The van der Waals surface area contributed by atoms with Crippen LogP contribution in [0.5, 0.6) is 0 Å². The smallest absolute Gasteiger partial charge is 0.338 e. The van der Waals surface area contributed by atoms with Gasteiger partial charge in [-0.2, -0.15) is 5.10 Å². The van der Waals surface area contributed by atoms with Crippen molar-refractivity contribution in [2.45, 2.75) is 33.0 Å². The molecule has 2 aromatic rings. The van der Waals surface area contributed by atoms with Crippen molar-refractivity contribution in [3.8, 4) is 0 Å². The number of nitrogen functional groups attached to an aromatic ring is 1. The first kappa shape index (κ1) is 15.7. The minimum Gasteiger partial charge on any atom is -0.478 e. The largest absolute Gasteiger partial charge is 0.478 e. The molecule has 23 heavy (non-hydrogen) atoms. The van der Waals surface area contributed by atoms with E-state index in [4.69, 9.17) is 10.5 Å². The van der Waals surface area contributed by atoms with Crippen LogP contribution in [0.2, 0.25) is 0 Å². The lowest BCUT2D eigenvalue weighted by Gasteiger charge is -2.28. The highest BCUT2D eigenvalue weighted by atomic mass is 16.5. The molecule has 1 aliphatic rings. The number of rotatable bonds is 3. The molecule has 2 aromatic heterocycles. The van der Waals surface area contributed by atoms with Crippen LogP contribution in [0.4, 0.5) is 5.82 Å². The Hall–Kier alpha value is -2.19. The number of aliphatic hydroxyl groups is 1. The van der Waals surface area contributed by atoms with Crippen molar-refractivity contribution in [2.24, 2.45) is 11.3 Å². The predicted octanol–water partition coefficient (Wildman–Crippen LogP) is 1.10. The van der Waals surface area contributed by atoms with Crippen molar-refractivity contribution in [1.82, 2.24) is 14.6 Å². The van der Waals surface area contributed by atoms with Gasteiger partial charge in [-0.05, 0) is 12.0 Å². The molecule has 1 fully saturated rings. The Kier molecular flexibility index (Phi) is 3.53. The Balaban J connectivity index is 2.21. The predicted molar refractivity (Wildman–Crippen MR) is 82.0 cm³/mol. The number of carbonyl (C=O) groups is 1. The number of nitrogens with zero attached hydrogens (tertiary/aromatic N) is 3. The monoisotopic (exact) mass is 320 g/mol. The summed E-state index contributed by atoms with van der Waals surface area (Å²) in [5.74, 6) is -0.903. The number of carboxylic acid groups (broad SMARTS) is 1. The third kappa shape index (κ3) is 2.17. The van der Waals surface area contributed by atoms with Crippen LogP contribution in [0.15, 0.2) is 12.4 Å². The number of anilines is 1. The summed E-state index contributed by atoms with van der Waals surface area (Å²) in [5.41, 5.74) is 6.43. The number of aliphatic hydroxyl groups excluding tert-OH is 1. The molecule has 1 saturated heterocycles. The molecular formula is C15H20N4O4. The normalized spacial score (nSPS) is 26.7. The lowest BCUT2D eigenvalue weighted by Crippen LogP contribution is -2.27. The molecule has 0 saturated carbocycles. The average molecular weight is 320 g/mol. The van der Waals surface area contributed by atoms with Gasteiger partial charge in [-0.25, -0.2) is 14.3 Å². The summed E-state index contributed by atoms with van der Waals surface area (Å²) in [7, 11) is 0. The second-order valence-corrected chi connectivity index (χ2v) is 6.54. The molecule has 0 unspecified atom stereocenters. The minimum absolute atomic E-state index is 0.0394. The third-order valence-corrected chi connectivity index (χ3v) is 5.01. The van der Waals surface area contributed by atoms with Crippen LogP contribution in [-0.4, -0.2) is 43.5 Å². The molecule has 3 rings (SSSR count). The van der Waals surface area contributed by atoms with Crippen molar-refractivity contribution in [3.05, 3.63) is 23.7 Å². The van der Waals surface area contributed by atoms with E-state index in [1.165, 1.54) is 16.9 Å². The Bertz CT molecular complexity index is 770. The van der Waals surface area contributed by atoms with Crippen LogP contribution < -0.4 is 5.73 Å². The first-order valence-electron chi connectivity index (χ1n) is 7.40. The number of aromatic nitrogens is 3. The van der Waals surface area contributed by atoms with E-state index in [0.717, 1.165) is 0 Å². The number of fused-ring (bicyclic) bond motifs is 1. The standard InChI is InChI=1S/C15H20N4O4/c1-7-10(5-20)23-12(15(7,2)3)9-4-8(14(21)22)11-13(16)17-6-18-19(9)11/h4,6-7,10,12,20H,5H2,1-3H3,(H,21,22)(H2,16,17,18)/t7-,10-,12+/m1/s1. The number of hydrogen-bond acceptors (Lipinski definition) is 6. The number of aromatic carboxylic acids is 1. The van der Waals surface area contributed by atoms with Gasteiger partial charge in [0, 0.05) is 5.41 Å². The van der Waals surface area contributed by atoms with Crippen molar-refractivity contribution in [3.63, 3.8) is 0 Å². The molecule has 0 radical (unpaired) electrons. The molecule has 8 heteroatoms. The third-order valence-electron chi connectivity index (χ3n) is 5.01. The lowest BCUT2D eigenvalue weighted by atomic mass is 9.75. The Morgan fingerprint density at radius 2 is 2.22 bits per heavy atom. The van der Waals surface area contributed by atoms with Crippen molar-refractivity contribution in [1.29, 1.82) is 0 Å². The van der Waals surface area contributed by atoms with Crippen LogP contribution in [0.25, 0.3) is 5.52 Å². The molecule has 0 aliphatic carbocycles. The fraction of sp³-hybridized carbons (Fsp3) is 0.533. The van der Waals surface area contributed by atoms with Crippen molar-refractivity contribution >= 4 is 17.3 Å². The van der Waals surface area contributed by atoms with E-state index >= 15 is 0 Å². The summed E-state index contributed by atoms with van der Waals surface area (Å²) >= 11 is 0. The van der Waals surface area contributed by atoms with Crippen molar-refractivity contribution in [2.75, 3.05) is 12.3 Å². The van der Waals surface area contributed by atoms with E-state index in [9.17, 15) is 15.0 Å². The van der Waals surface area contributed by atoms with Gasteiger partial charge in [0.1, 0.15) is 17.9 Å². The van der Waals surface area contributed by atoms with Crippen LogP contribution in [0.3, 0.4) is 0 Å². The van der Waals surface area contributed by atoms with Crippen LogP contribution in [0, 0.1) is 11.3 Å². The lowest BCUT2D eigenvalue weighted by molar-refractivity contribution is -0.0116. The zero-order valence-electron chi connectivity index (χ0n) is 13.2. The Morgan fingerprint density at radius 1 is 1.52 bits per heavy atom. The average Bonchev–Trinajstić information content (AvgIpc) is 2.97. The van der Waals surface area contributed by atoms with Gasteiger partial charge in [0.05, 0.1) is 24.0 Å². The van der Waals surface area contributed by atoms with Gasteiger partial charge < -0.3 is 20.7 Å². The summed E-state index contributed by atoms with van der Waals surface area (Å²) in [6.07, 6.45) is 0.560. The molecule has 4 N–H and O–H groups in total. The molecule has 0 spiro atoms. The first-order valence-corrected chi connectivity index (χ1v) is 7.40. The molecule has 1 aliphatic heterocycles. The minimum atomic E-state index is -1.10. The fourth-order valence-corrected chi connectivity index (χ4v) is 3.28. The molecule has 0 amide bonds. The summed E-state index contributed by atoms with van der Waals surface area (Å²) < 4.78 is 7.48. The molecule has 8 nitrogen and oxygen atoms in total. The fourth-order valence-electron chi connectivity index (χ4n) is 3.28. The summed E-state index contributed by atoms with van der Waals surface area (Å²) in [5, 5.41) is 23.1. The maximum atomic E-state index is 11.5. The molecular weight excluding hydrogens is 300 g/mol. The van der Waals surface area contributed by atoms with E-state index in [0.29, 0.717) is 5.69 Å². The van der Waals surface area contributed by atoms with Gasteiger partial charge in [-0.3, -0.25) is 0 Å². The van der Waals surface area contributed by atoms with Gasteiger partial charge in [-0.15, -0.1) is 0 Å². The molecule has 0 bridgehead atoms.